The molecule has 0 unspecified atom stereocenters. The Kier molecular flexibility index (Phi) is 2.82. The molecule has 1 aromatic carbocycles. The average Bonchev–Trinajstić information content (AvgIpc) is 2.13. The van der Waals surface area contributed by atoms with Crippen LogP contribution in [0, 0.1) is 0 Å². The first-order valence-corrected chi connectivity index (χ1v) is 3.63. The highest BCUT2D eigenvalue weighted by molar-refractivity contribution is 6.49. The number of benzene rings is 1. The standard InChI is InChI=1S/C8H9BO4/c1-2-9(12)13-7-5-3-4-6(10)8(7)11/h2-5,10-12H,1H2. The van der Waals surface area contributed by atoms with Gasteiger partial charge in [0.1, 0.15) is 5.75 Å². The van der Waals surface area contributed by atoms with Crippen molar-refractivity contribution in [1.82, 2.24) is 0 Å². The monoisotopic (exact) mass is 180 g/mol. The Labute approximate surface area is 75.9 Å². The fourth-order valence-corrected chi connectivity index (χ4v) is 0.784. The number of para-hydroxylation sites is 1. The van der Waals surface area contributed by atoms with Gasteiger partial charge in [-0.25, -0.2) is 0 Å². The molecule has 0 saturated heterocycles. The van der Waals surface area contributed by atoms with Crippen molar-refractivity contribution >= 4 is 7.12 Å². The Morgan fingerprint density at radius 1 is 1.38 bits per heavy atom. The van der Waals surface area contributed by atoms with E-state index in [1.54, 1.807) is 0 Å². The van der Waals surface area contributed by atoms with Gasteiger partial charge in [0.2, 0.25) is 0 Å². The fraction of sp³-hybridized carbons (Fsp3) is 0. The second-order valence-corrected chi connectivity index (χ2v) is 2.37. The van der Waals surface area contributed by atoms with Crippen LogP contribution < -0.4 is 4.65 Å². The molecule has 3 N–H and O–H groups in total. The van der Waals surface area contributed by atoms with E-state index in [1.807, 2.05) is 0 Å². The lowest BCUT2D eigenvalue weighted by Gasteiger charge is -2.08. The van der Waals surface area contributed by atoms with E-state index in [9.17, 15) is 5.11 Å². The molecular formula is C8H9BO4. The van der Waals surface area contributed by atoms with E-state index in [0.717, 1.165) is 5.98 Å². The minimum absolute atomic E-state index is 0.00685. The highest BCUT2D eigenvalue weighted by atomic mass is 16.5. The van der Waals surface area contributed by atoms with Crippen molar-refractivity contribution in [2.24, 2.45) is 0 Å². The van der Waals surface area contributed by atoms with Crippen molar-refractivity contribution in [3.05, 3.63) is 30.8 Å². The van der Waals surface area contributed by atoms with Crippen LogP contribution in [-0.2, 0) is 0 Å². The molecule has 0 saturated carbocycles. The molecule has 4 nitrogen and oxygen atoms in total. The van der Waals surface area contributed by atoms with Crippen LogP contribution in [0.1, 0.15) is 0 Å². The molecular weight excluding hydrogens is 171 g/mol. The van der Waals surface area contributed by atoms with Crippen LogP contribution in [-0.4, -0.2) is 22.4 Å². The number of phenolic OH excluding ortho intramolecular Hbond substituents is 2. The van der Waals surface area contributed by atoms with Crippen molar-refractivity contribution < 1.29 is 19.9 Å². The van der Waals surface area contributed by atoms with Crippen LogP contribution in [0.5, 0.6) is 17.2 Å². The highest BCUT2D eigenvalue weighted by Gasteiger charge is 2.13. The molecule has 0 bridgehead atoms. The molecule has 0 aromatic heterocycles. The van der Waals surface area contributed by atoms with Gasteiger partial charge in [0.15, 0.2) is 11.5 Å². The molecule has 0 atom stereocenters. The largest absolute Gasteiger partial charge is 0.551 e. The summed E-state index contributed by atoms with van der Waals surface area (Å²) < 4.78 is 4.80. The van der Waals surface area contributed by atoms with Gasteiger partial charge in [0, 0.05) is 0 Å². The maximum Gasteiger partial charge on any atom is 0.551 e. The molecule has 0 radical (unpaired) electrons. The number of phenols is 2. The van der Waals surface area contributed by atoms with E-state index < -0.39 is 12.9 Å². The van der Waals surface area contributed by atoms with Crippen molar-refractivity contribution in [3.63, 3.8) is 0 Å². The lowest BCUT2D eigenvalue weighted by atomic mass is 9.92. The minimum Gasteiger partial charge on any atom is -0.530 e. The van der Waals surface area contributed by atoms with E-state index in [1.165, 1.54) is 18.2 Å². The summed E-state index contributed by atoms with van der Waals surface area (Å²) in [5.41, 5.74) is 0. The Hall–Kier alpha value is -1.62. The maximum absolute atomic E-state index is 9.22. The van der Waals surface area contributed by atoms with Gasteiger partial charge in [0.25, 0.3) is 0 Å². The molecule has 0 amide bonds. The van der Waals surface area contributed by atoms with Crippen LogP contribution in [0.4, 0.5) is 0 Å². The second-order valence-electron chi connectivity index (χ2n) is 2.37. The molecule has 0 aliphatic carbocycles. The zero-order chi connectivity index (χ0) is 9.84. The molecule has 1 rings (SSSR count). The molecule has 13 heavy (non-hydrogen) atoms. The summed E-state index contributed by atoms with van der Waals surface area (Å²) in [5, 5.41) is 27.3. The van der Waals surface area contributed by atoms with Crippen LogP contribution >= 0.6 is 0 Å². The summed E-state index contributed by atoms with van der Waals surface area (Å²) in [6.07, 6.45) is 0. The molecule has 68 valence electrons. The van der Waals surface area contributed by atoms with Crippen molar-refractivity contribution in [1.29, 1.82) is 0 Å². The Balaban J connectivity index is 2.88. The molecule has 0 fully saturated rings. The topological polar surface area (TPSA) is 69.9 Å². The van der Waals surface area contributed by atoms with Gasteiger partial charge >= 0.3 is 7.12 Å². The fourth-order valence-electron chi connectivity index (χ4n) is 0.784. The Morgan fingerprint density at radius 3 is 2.69 bits per heavy atom. The predicted octanol–water partition coefficient (Wildman–Crippen LogP) is 0.682. The number of hydrogen-bond donors (Lipinski definition) is 3. The van der Waals surface area contributed by atoms with E-state index in [4.69, 9.17) is 14.8 Å². The Bertz CT molecular complexity index is 313. The maximum atomic E-state index is 9.22. The predicted molar refractivity (Wildman–Crippen MR) is 48.6 cm³/mol. The summed E-state index contributed by atoms with van der Waals surface area (Å²) in [6.45, 7) is 3.29. The molecule has 0 aliphatic heterocycles. The third-order valence-corrected chi connectivity index (χ3v) is 1.43. The van der Waals surface area contributed by atoms with Crippen molar-refractivity contribution in [2.75, 3.05) is 0 Å². The Morgan fingerprint density at radius 2 is 2.08 bits per heavy atom. The normalized spacial score (nSPS) is 9.31. The third-order valence-electron chi connectivity index (χ3n) is 1.43. The second kappa shape index (κ2) is 3.86. The lowest BCUT2D eigenvalue weighted by molar-refractivity contribution is 0.370. The van der Waals surface area contributed by atoms with Gasteiger partial charge in [-0.05, 0) is 18.1 Å². The van der Waals surface area contributed by atoms with Crippen molar-refractivity contribution in [2.45, 2.75) is 0 Å². The van der Waals surface area contributed by atoms with Gasteiger partial charge in [0.05, 0.1) is 0 Å². The van der Waals surface area contributed by atoms with Crippen LogP contribution in [0.25, 0.3) is 0 Å². The van der Waals surface area contributed by atoms with Crippen molar-refractivity contribution in [3.8, 4) is 17.2 Å². The summed E-state index contributed by atoms with van der Waals surface area (Å²) in [4.78, 5) is 0. The zero-order valence-electron chi connectivity index (χ0n) is 6.84. The van der Waals surface area contributed by atoms with Crippen LogP contribution in [0.2, 0.25) is 0 Å². The van der Waals surface area contributed by atoms with Gasteiger partial charge in [-0.1, -0.05) is 6.07 Å². The first kappa shape index (κ1) is 9.47. The van der Waals surface area contributed by atoms with E-state index in [0.29, 0.717) is 0 Å². The van der Waals surface area contributed by atoms with Crippen LogP contribution in [0.3, 0.4) is 0 Å². The number of hydrogen-bond acceptors (Lipinski definition) is 4. The molecule has 0 aliphatic rings. The smallest absolute Gasteiger partial charge is 0.530 e. The molecule has 5 heteroatoms. The number of aromatic hydroxyl groups is 2. The lowest BCUT2D eigenvalue weighted by Crippen LogP contribution is -2.18. The quantitative estimate of drug-likeness (QED) is 0.472. The first-order valence-electron chi connectivity index (χ1n) is 3.63. The van der Waals surface area contributed by atoms with E-state index in [-0.39, 0.29) is 11.5 Å². The van der Waals surface area contributed by atoms with E-state index in [2.05, 4.69) is 6.58 Å². The molecule has 1 aromatic rings. The SMILES string of the molecule is C=CB(O)Oc1cccc(O)c1O. The minimum atomic E-state index is -1.20. The summed E-state index contributed by atoms with van der Waals surface area (Å²) >= 11 is 0. The summed E-state index contributed by atoms with van der Waals surface area (Å²) in [6, 6.07) is 4.21. The van der Waals surface area contributed by atoms with Gasteiger partial charge in [-0.15, -0.1) is 6.58 Å². The highest BCUT2D eigenvalue weighted by Crippen LogP contribution is 2.34. The molecule has 0 heterocycles. The average molecular weight is 180 g/mol. The first-order chi connectivity index (χ1) is 6.15. The van der Waals surface area contributed by atoms with E-state index >= 15 is 0 Å². The number of rotatable bonds is 3. The summed E-state index contributed by atoms with van der Waals surface area (Å²) in [5.74, 6) is 0.466. The summed E-state index contributed by atoms with van der Waals surface area (Å²) in [7, 11) is -1.20. The van der Waals surface area contributed by atoms with Gasteiger partial charge in [-0.2, -0.15) is 0 Å². The zero-order valence-corrected chi connectivity index (χ0v) is 6.84. The third kappa shape index (κ3) is 2.16. The molecule has 0 spiro atoms. The van der Waals surface area contributed by atoms with Gasteiger partial charge < -0.3 is 19.9 Å². The van der Waals surface area contributed by atoms with Gasteiger partial charge in [-0.3, -0.25) is 0 Å². The van der Waals surface area contributed by atoms with Crippen LogP contribution in [0.15, 0.2) is 30.8 Å².